The van der Waals surface area contributed by atoms with Crippen LogP contribution in [0, 0.1) is 0 Å². The van der Waals surface area contributed by atoms with Gasteiger partial charge in [-0.1, -0.05) is 23.2 Å². The molecule has 0 saturated heterocycles. The van der Waals surface area contributed by atoms with Crippen LogP contribution in [0.2, 0.25) is 10.0 Å². The van der Waals surface area contributed by atoms with Crippen molar-refractivity contribution in [2.45, 2.75) is 12.5 Å². The largest absolute Gasteiger partial charge is 0.305 e. The topological polar surface area (TPSA) is 12.0 Å². The van der Waals surface area contributed by atoms with E-state index in [2.05, 4.69) is 16.8 Å². The van der Waals surface area contributed by atoms with Crippen molar-refractivity contribution in [3.05, 3.63) is 55.7 Å². The Hall–Kier alpha value is -0.540. The van der Waals surface area contributed by atoms with E-state index in [4.69, 9.17) is 23.2 Å². The molecule has 1 unspecified atom stereocenters. The highest BCUT2D eigenvalue weighted by molar-refractivity contribution is 7.10. The molecule has 4 heteroatoms. The van der Waals surface area contributed by atoms with Gasteiger partial charge in [-0.2, -0.15) is 0 Å². The summed E-state index contributed by atoms with van der Waals surface area (Å²) in [6.07, 6.45) is 1.10. The predicted molar refractivity (Wildman–Crippen MR) is 74.3 cm³/mol. The second-order valence-corrected chi connectivity index (χ2v) is 5.97. The van der Waals surface area contributed by atoms with Crippen LogP contribution in [-0.2, 0) is 6.42 Å². The van der Waals surface area contributed by atoms with Crippen molar-refractivity contribution in [3.63, 3.8) is 0 Å². The van der Waals surface area contributed by atoms with Crippen molar-refractivity contribution >= 4 is 34.5 Å². The fourth-order valence-corrected chi connectivity index (χ4v) is 3.86. The molecule has 1 aromatic carbocycles. The summed E-state index contributed by atoms with van der Waals surface area (Å²) >= 11 is 13.9. The molecule has 1 N–H and O–H groups in total. The molecule has 1 atom stereocenters. The highest BCUT2D eigenvalue weighted by Crippen LogP contribution is 2.34. The van der Waals surface area contributed by atoms with Gasteiger partial charge >= 0.3 is 0 Å². The molecule has 1 aliphatic heterocycles. The van der Waals surface area contributed by atoms with Crippen LogP contribution in [-0.4, -0.2) is 6.54 Å². The Morgan fingerprint density at radius 1 is 1.18 bits per heavy atom. The Morgan fingerprint density at radius 3 is 2.71 bits per heavy atom. The fraction of sp³-hybridized carbons (Fsp3) is 0.231. The van der Waals surface area contributed by atoms with Crippen molar-refractivity contribution in [1.82, 2.24) is 5.32 Å². The molecule has 0 spiro atoms. The van der Waals surface area contributed by atoms with Gasteiger partial charge in [-0.25, -0.2) is 0 Å². The fourth-order valence-electron chi connectivity index (χ4n) is 2.26. The first-order chi connectivity index (χ1) is 8.24. The van der Waals surface area contributed by atoms with Gasteiger partial charge in [0.1, 0.15) is 0 Å². The van der Waals surface area contributed by atoms with E-state index in [-0.39, 0.29) is 6.04 Å². The lowest BCUT2D eigenvalue weighted by molar-refractivity contribution is 0.578. The molecule has 17 heavy (non-hydrogen) atoms. The maximum atomic E-state index is 6.06. The lowest BCUT2D eigenvalue weighted by Crippen LogP contribution is -2.29. The van der Waals surface area contributed by atoms with Gasteiger partial charge < -0.3 is 5.32 Å². The molecule has 1 nitrogen and oxygen atoms in total. The van der Waals surface area contributed by atoms with Gasteiger partial charge in [0.15, 0.2) is 0 Å². The van der Waals surface area contributed by atoms with Crippen LogP contribution in [0.5, 0.6) is 0 Å². The molecule has 0 saturated carbocycles. The quantitative estimate of drug-likeness (QED) is 0.823. The van der Waals surface area contributed by atoms with Crippen molar-refractivity contribution in [3.8, 4) is 0 Å². The number of hydrogen-bond donors (Lipinski definition) is 1. The van der Waals surface area contributed by atoms with Gasteiger partial charge in [0.2, 0.25) is 0 Å². The minimum Gasteiger partial charge on any atom is -0.305 e. The van der Waals surface area contributed by atoms with Gasteiger partial charge in [0, 0.05) is 21.5 Å². The van der Waals surface area contributed by atoms with Crippen LogP contribution < -0.4 is 5.32 Å². The zero-order valence-corrected chi connectivity index (χ0v) is 11.4. The standard InChI is InChI=1S/C13H11Cl2NS/c14-10-5-9(6-11(15)7-10)12-13-8(1-3-16-12)2-4-17-13/h2,4-7,12,16H,1,3H2. The van der Waals surface area contributed by atoms with E-state index in [0.29, 0.717) is 10.0 Å². The van der Waals surface area contributed by atoms with Gasteiger partial charge in [0.25, 0.3) is 0 Å². The third kappa shape index (κ3) is 2.23. The highest BCUT2D eigenvalue weighted by Gasteiger charge is 2.22. The summed E-state index contributed by atoms with van der Waals surface area (Å²) < 4.78 is 0. The maximum Gasteiger partial charge on any atom is 0.0674 e. The van der Waals surface area contributed by atoms with E-state index in [0.717, 1.165) is 18.5 Å². The van der Waals surface area contributed by atoms with Crippen LogP contribution in [0.3, 0.4) is 0 Å². The molecule has 0 amide bonds. The lowest BCUT2D eigenvalue weighted by Gasteiger charge is -2.24. The first-order valence-corrected chi connectivity index (χ1v) is 7.13. The molecule has 0 aliphatic carbocycles. The molecular formula is C13H11Cl2NS. The first-order valence-electron chi connectivity index (χ1n) is 5.49. The molecule has 1 aromatic heterocycles. The number of rotatable bonds is 1. The number of benzene rings is 1. The number of hydrogen-bond acceptors (Lipinski definition) is 2. The Balaban J connectivity index is 2.06. The van der Waals surface area contributed by atoms with Crippen LogP contribution in [0.25, 0.3) is 0 Å². The zero-order chi connectivity index (χ0) is 11.8. The second-order valence-electron chi connectivity index (χ2n) is 4.15. The predicted octanol–water partition coefficient (Wildman–Crippen LogP) is 4.29. The molecule has 0 bridgehead atoms. The van der Waals surface area contributed by atoms with E-state index in [1.165, 1.54) is 10.4 Å². The van der Waals surface area contributed by atoms with E-state index >= 15 is 0 Å². The summed E-state index contributed by atoms with van der Waals surface area (Å²) in [7, 11) is 0. The Morgan fingerprint density at radius 2 is 1.94 bits per heavy atom. The van der Waals surface area contributed by atoms with E-state index in [1.807, 2.05) is 12.1 Å². The van der Waals surface area contributed by atoms with Crippen LogP contribution in [0.4, 0.5) is 0 Å². The minimum atomic E-state index is 0.231. The summed E-state index contributed by atoms with van der Waals surface area (Å²) in [5.74, 6) is 0. The van der Waals surface area contributed by atoms with Gasteiger partial charge in [0.05, 0.1) is 6.04 Å². The normalized spacial score (nSPS) is 19.1. The van der Waals surface area contributed by atoms with Crippen LogP contribution in [0.15, 0.2) is 29.6 Å². The van der Waals surface area contributed by atoms with E-state index in [1.54, 1.807) is 17.4 Å². The molecule has 3 rings (SSSR count). The van der Waals surface area contributed by atoms with Gasteiger partial charge in [-0.3, -0.25) is 0 Å². The molecule has 2 heterocycles. The minimum absolute atomic E-state index is 0.231. The van der Waals surface area contributed by atoms with E-state index in [9.17, 15) is 0 Å². The second kappa shape index (κ2) is 4.62. The molecule has 0 radical (unpaired) electrons. The third-order valence-electron chi connectivity index (χ3n) is 3.00. The van der Waals surface area contributed by atoms with Crippen molar-refractivity contribution in [2.75, 3.05) is 6.54 Å². The smallest absolute Gasteiger partial charge is 0.0674 e. The summed E-state index contributed by atoms with van der Waals surface area (Å²) in [5.41, 5.74) is 2.58. The maximum absolute atomic E-state index is 6.06. The molecule has 0 fully saturated rings. The number of halogens is 2. The van der Waals surface area contributed by atoms with Crippen LogP contribution >= 0.6 is 34.5 Å². The Kier molecular flexibility index (Phi) is 3.14. The first kappa shape index (κ1) is 11.5. The third-order valence-corrected chi connectivity index (χ3v) is 4.46. The SMILES string of the molecule is Clc1cc(Cl)cc(C2NCCc3ccsc32)c1. The number of fused-ring (bicyclic) bond motifs is 1. The summed E-state index contributed by atoms with van der Waals surface area (Å²) in [5, 5.41) is 7.06. The van der Waals surface area contributed by atoms with Crippen molar-refractivity contribution < 1.29 is 0 Å². The molecular weight excluding hydrogens is 273 g/mol. The molecule has 88 valence electrons. The summed E-state index contributed by atoms with van der Waals surface area (Å²) in [6, 6.07) is 8.18. The average molecular weight is 284 g/mol. The Bertz CT molecular complexity index is 530. The summed E-state index contributed by atoms with van der Waals surface area (Å²) in [6.45, 7) is 0.999. The van der Waals surface area contributed by atoms with Gasteiger partial charge in [-0.05, 0) is 47.2 Å². The Labute approximate surface area is 114 Å². The monoisotopic (exact) mass is 283 g/mol. The van der Waals surface area contributed by atoms with Crippen molar-refractivity contribution in [1.29, 1.82) is 0 Å². The number of thiophene rings is 1. The average Bonchev–Trinajstić information content (AvgIpc) is 2.75. The molecule has 1 aliphatic rings. The number of nitrogens with one attached hydrogen (secondary N) is 1. The van der Waals surface area contributed by atoms with E-state index < -0.39 is 0 Å². The summed E-state index contributed by atoms with van der Waals surface area (Å²) in [4.78, 5) is 1.38. The van der Waals surface area contributed by atoms with Crippen LogP contribution in [0.1, 0.15) is 22.0 Å². The lowest BCUT2D eigenvalue weighted by atomic mass is 9.98. The van der Waals surface area contributed by atoms with Crippen molar-refractivity contribution in [2.24, 2.45) is 0 Å². The molecule has 2 aromatic rings. The highest BCUT2D eigenvalue weighted by atomic mass is 35.5. The zero-order valence-electron chi connectivity index (χ0n) is 9.04. The van der Waals surface area contributed by atoms with Gasteiger partial charge in [-0.15, -0.1) is 11.3 Å².